The third-order valence-corrected chi connectivity index (χ3v) is 5.15. The van der Waals surface area contributed by atoms with Crippen molar-refractivity contribution in [1.82, 2.24) is 10.6 Å². The molecule has 0 fully saturated rings. The second-order valence-corrected chi connectivity index (χ2v) is 7.51. The summed E-state index contributed by atoms with van der Waals surface area (Å²) in [5.41, 5.74) is 2.85. The molecule has 32 heavy (non-hydrogen) atoms. The molecular weight excluding hydrogens is 402 g/mol. The summed E-state index contributed by atoms with van der Waals surface area (Å²) in [6.07, 6.45) is -0.337. The largest absolute Gasteiger partial charge is 0.497 e. The molecule has 3 rings (SSSR count). The van der Waals surface area contributed by atoms with Crippen molar-refractivity contribution in [1.29, 1.82) is 5.26 Å². The van der Waals surface area contributed by atoms with Gasteiger partial charge in [0.15, 0.2) is 0 Å². The molecule has 6 nitrogen and oxygen atoms in total. The van der Waals surface area contributed by atoms with Crippen LogP contribution >= 0.6 is 0 Å². The molecule has 0 aliphatic rings. The summed E-state index contributed by atoms with van der Waals surface area (Å²) in [4.78, 5) is 12.8. The van der Waals surface area contributed by atoms with Crippen LogP contribution in [0, 0.1) is 11.3 Å². The van der Waals surface area contributed by atoms with Crippen LogP contribution in [0.15, 0.2) is 78.9 Å². The summed E-state index contributed by atoms with van der Waals surface area (Å²) in [7, 11) is 1.62. The second-order valence-electron chi connectivity index (χ2n) is 7.51. The Bertz CT molecular complexity index is 1060. The minimum Gasteiger partial charge on any atom is -0.497 e. The smallest absolute Gasteiger partial charge is 0.251 e. The zero-order chi connectivity index (χ0) is 22.8. The van der Waals surface area contributed by atoms with Crippen molar-refractivity contribution >= 4 is 5.91 Å². The van der Waals surface area contributed by atoms with Gasteiger partial charge in [-0.2, -0.15) is 5.26 Å². The monoisotopic (exact) mass is 429 g/mol. The predicted molar refractivity (Wildman–Crippen MR) is 123 cm³/mol. The molecule has 3 aromatic rings. The molecule has 2 unspecified atom stereocenters. The number of aliphatic hydroxyl groups is 1. The maximum Gasteiger partial charge on any atom is 0.251 e. The van der Waals surface area contributed by atoms with E-state index in [2.05, 4.69) is 10.6 Å². The van der Waals surface area contributed by atoms with E-state index in [9.17, 15) is 9.90 Å². The first-order chi connectivity index (χ1) is 15.6. The van der Waals surface area contributed by atoms with Gasteiger partial charge in [0.25, 0.3) is 5.91 Å². The topological polar surface area (TPSA) is 94.4 Å². The highest BCUT2D eigenvalue weighted by Crippen LogP contribution is 2.13. The van der Waals surface area contributed by atoms with Gasteiger partial charge in [0.2, 0.25) is 0 Å². The van der Waals surface area contributed by atoms with Gasteiger partial charge in [-0.3, -0.25) is 4.79 Å². The summed E-state index contributed by atoms with van der Waals surface area (Å²) < 4.78 is 5.24. The molecule has 6 heteroatoms. The van der Waals surface area contributed by atoms with Gasteiger partial charge in [-0.05, 0) is 47.9 Å². The minimum absolute atomic E-state index is 0.299. The molecule has 0 bridgehead atoms. The number of hydrogen-bond donors (Lipinski definition) is 3. The lowest BCUT2D eigenvalue weighted by Crippen LogP contribution is -2.48. The van der Waals surface area contributed by atoms with Crippen LogP contribution in [-0.4, -0.2) is 36.8 Å². The molecule has 0 aromatic heterocycles. The van der Waals surface area contributed by atoms with E-state index in [0.29, 0.717) is 30.6 Å². The zero-order valence-corrected chi connectivity index (χ0v) is 18.0. The molecule has 0 spiro atoms. The highest BCUT2D eigenvalue weighted by Gasteiger charge is 2.22. The summed E-state index contributed by atoms with van der Waals surface area (Å²) >= 11 is 0. The van der Waals surface area contributed by atoms with E-state index in [1.54, 1.807) is 31.4 Å². The number of nitrogens with zero attached hydrogens (tertiary/aromatic N) is 1. The van der Waals surface area contributed by atoms with E-state index in [0.717, 1.165) is 16.9 Å². The van der Waals surface area contributed by atoms with Crippen LogP contribution in [0.1, 0.15) is 27.0 Å². The summed E-state index contributed by atoms with van der Waals surface area (Å²) in [6, 6.07) is 25.5. The summed E-state index contributed by atoms with van der Waals surface area (Å²) in [5, 5.41) is 26.2. The molecule has 0 heterocycles. The number of ether oxygens (including phenoxy) is 1. The van der Waals surface area contributed by atoms with Gasteiger partial charge >= 0.3 is 0 Å². The number of amides is 1. The number of nitrogens with one attached hydrogen (secondary N) is 2. The number of hydrogen-bond acceptors (Lipinski definition) is 5. The van der Waals surface area contributed by atoms with Crippen LogP contribution in [-0.2, 0) is 13.0 Å². The van der Waals surface area contributed by atoms with Crippen LogP contribution in [0.5, 0.6) is 5.75 Å². The van der Waals surface area contributed by atoms with Crippen molar-refractivity contribution in [2.45, 2.75) is 25.1 Å². The van der Waals surface area contributed by atoms with Crippen LogP contribution in [0.4, 0.5) is 0 Å². The highest BCUT2D eigenvalue weighted by molar-refractivity contribution is 5.94. The van der Waals surface area contributed by atoms with Crippen LogP contribution in [0.25, 0.3) is 0 Å². The van der Waals surface area contributed by atoms with Crippen LogP contribution in [0.2, 0.25) is 0 Å². The number of carbonyl (C=O) groups is 1. The molecule has 0 saturated heterocycles. The maximum atomic E-state index is 12.8. The van der Waals surface area contributed by atoms with Gasteiger partial charge in [-0.15, -0.1) is 0 Å². The molecule has 0 aliphatic heterocycles. The average molecular weight is 430 g/mol. The Morgan fingerprint density at radius 1 is 1.03 bits per heavy atom. The number of rotatable bonds is 10. The van der Waals surface area contributed by atoms with E-state index < -0.39 is 12.1 Å². The molecule has 3 aromatic carbocycles. The third-order valence-electron chi connectivity index (χ3n) is 5.15. The molecule has 0 saturated carbocycles. The lowest BCUT2D eigenvalue weighted by atomic mass is 10.00. The normalized spacial score (nSPS) is 12.4. The Hall–Kier alpha value is -3.66. The third kappa shape index (κ3) is 6.67. The van der Waals surface area contributed by atoms with Gasteiger partial charge in [-0.1, -0.05) is 48.5 Å². The Balaban J connectivity index is 1.67. The second kappa shape index (κ2) is 11.7. The number of nitriles is 1. The predicted octanol–water partition coefficient (Wildman–Crippen LogP) is 3.06. The lowest BCUT2D eigenvalue weighted by Gasteiger charge is -2.25. The molecule has 3 N–H and O–H groups in total. The molecule has 0 radical (unpaired) electrons. The van der Waals surface area contributed by atoms with Crippen molar-refractivity contribution in [3.8, 4) is 11.8 Å². The zero-order valence-electron chi connectivity index (χ0n) is 18.0. The first-order valence-electron chi connectivity index (χ1n) is 10.5. The summed E-state index contributed by atoms with van der Waals surface area (Å²) in [5.74, 6) is 0.452. The first-order valence-corrected chi connectivity index (χ1v) is 10.5. The number of aliphatic hydroxyl groups excluding tert-OH is 1. The molecule has 0 aliphatic carbocycles. The SMILES string of the molecule is COc1cccc(CNCC(O)C(Cc2ccccc2)NC(=O)c2cccc(C#N)c2)c1. The average Bonchev–Trinajstić information content (AvgIpc) is 2.84. The number of benzene rings is 3. The van der Waals surface area contributed by atoms with E-state index in [-0.39, 0.29) is 5.91 Å². The van der Waals surface area contributed by atoms with Crippen molar-refractivity contribution in [2.24, 2.45) is 0 Å². The maximum absolute atomic E-state index is 12.8. The number of methoxy groups -OCH3 is 1. The Labute approximate surface area is 188 Å². The Morgan fingerprint density at radius 2 is 1.78 bits per heavy atom. The van der Waals surface area contributed by atoms with Crippen molar-refractivity contribution in [3.05, 3.63) is 101 Å². The quantitative estimate of drug-likeness (QED) is 0.461. The van der Waals surface area contributed by atoms with Gasteiger partial charge in [-0.25, -0.2) is 0 Å². The fourth-order valence-corrected chi connectivity index (χ4v) is 3.42. The van der Waals surface area contributed by atoms with E-state index in [4.69, 9.17) is 10.00 Å². The molecular formula is C26H27N3O3. The van der Waals surface area contributed by atoms with Crippen molar-refractivity contribution in [2.75, 3.05) is 13.7 Å². The Kier molecular flexibility index (Phi) is 8.38. The van der Waals surface area contributed by atoms with Gasteiger partial charge in [0, 0.05) is 18.7 Å². The molecule has 1 amide bonds. The van der Waals surface area contributed by atoms with Crippen molar-refractivity contribution < 1.29 is 14.6 Å². The minimum atomic E-state index is -0.816. The van der Waals surface area contributed by atoms with Gasteiger partial charge in [0.05, 0.1) is 30.9 Å². The standard InChI is InChI=1S/C26H27N3O3/c1-32-23-12-6-10-21(14-23)17-28-18-25(30)24(15-19-7-3-2-4-8-19)29-26(31)22-11-5-9-20(13-22)16-27/h2-14,24-25,28,30H,15,17-18H2,1H3,(H,29,31). The lowest BCUT2D eigenvalue weighted by molar-refractivity contribution is 0.0830. The number of carbonyl (C=O) groups excluding carboxylic acids is 1. The fourth-order valence-electron chi connectivity index (χ4n) is 3.42. The van der Waals surface area contributed by atoms with E-state index in [1.807, 2.05) is 60.7 Å². The van der Waals surface area contributed by atoms with Gasteiger partial charge in [0.1, 0.15) is 5.75 Å². The van der Waals surface area contributed by atoms with Crippen LogP contribution < -0.4 is 15.4 Å². The highest BCUT2D eigenvalue weighted by atomic mass is 16.5. The molecule has 2 atom stereocenters. The Morgan fingerprint density at radius 3 is 2.53 bits per heavy atom. The van der Waals surface area contributed by atoms with E-state index in [1.165, 1.54) is 0 Å². The van der Waals surface area contributed by atoms with Gasteiger partial charge < -0.3 is 20.5 Å². The van der Waals surface area contributed by atoms with Crippen molar-refractivity contribution in [3.63, 3.8) is 0 Å². The summed E-state index contributed by atoms with van der Waals surface area (Å²) in [6.45, 7) is 0.859. The first kappa shape index (κ1) is 23.0. The van der Waals surface area contributed by atoms with Crippen LogP contribution in [0.3, 0.4) is 0 Å². The molecule has 164 valence electrons. The van der Waals surface area contributed by atoms with E-state index >= 15 is 0 Å². The fraction of sp³-hybridized carbons (Fsp3) is 0.231.